The lowest BCUT2D eigenvalue weighted by Crippen LogP contribution is -3.13. The molecule has 0 unspecified atom stereocenters. The lowest BCUT2D eigenvalue weighted by atomic mass is 9.98. The zero-order chi connectivity index (χ0) is 15.7. The summed E-state index contributed by atoms with van der Waals surface area (Å²) in [4.78, 5) is 17.5. The molecule has 0 atom stereocenters. The van der Waals surface area contributed by atoms with E-state index in [1.54, 1.807) is 7.11 Å². The Kier molecular flexibility index (Phi) is 4.21. The molecule has 1 saturated heterocycles. The number of ether oxygens (including phenoxy) is 1. The van der Waals surface area contributed by atoms with Crippen LogP contribution in [0.1, 0.15) is 35.8 Å². The maximum Gasteiger partial charge on any atom is 0.219 e. The summed E-state index contributed by atoms with van der Waals surface area (Å²) in [6, 6.07) is 5.86. The van der Waals surface area contributed by atoms with E-state index in [0.717, 1.165) is 46.9 Å². The van der Waals surface area contributed by atoms with Gasteiger partial charge in [0.1, 0.15) is 12.3 Å². The third-order valence-corrected chi connectivity index (χ3v) is 4.86. The second kappa shape index (κ2) is 6.13. The molecule has 118 valence electrons. The number of carbonyl (C=O) groups is 1. The predicted octanol–water partition coefficient (Wildman–Crippen LogP) is 1.98. The number of fused-ring (bicyclic) bond motifs is 1. The predicted molar refractivity (Wildman–Crippen MR) is 87.9 cm³/mol. The molecule has 4 heteroatoms. The van der Waals surface area contributed by atoms with Crippen LogP contribution in [-0.2, 0) is 0 Å². The third-order valence-electron chi connectivity index (χ3n) is 4.86. The summed E-state index contributed by atoms with van der Waals surface area (Å²) >= 11 is 0. The Hall–Kier alpha value is -1.81. The van der Waals surface area contributed by atoms with E-state index in [0.29, 0.717) is 6.54 Å². The van der Waals surface area contributed by atoms with Crippen molar-refractivity contribution in [1.29, 1.82) is 0 Å². The van der Waals surface area contributed by atoms with Gasteiger partial charge in [0.25, 0.3) is 0 Å². The van der Waals surface area contributed by atoms with Crippen molar-refractivity contribution >= 4 is 16.7 Å². The van der Waals surface area contributed by atoms with Crippen LogP contribution in [-0.4, -0.2) is 37.5 Å². The largest absolute Gasteiger partial charge is 0.497 e. The molecule has 1 aromatic heterocycles. The lowest BCUT2D eigenvalue weighted by molar-refractivity contribution is -0.897. The van der Waals surface area contributed by atoms with E-state index in [1.165, 1.54) is 17.7 Å². The molecule has 2 N–H and O–H groups in total. The van der Waals surface area contributed by atoms with Crippen molar-refractivity contribution in [2.75, 3.05) is 26.7 Å². The summed E-state index contributed by atoms with van der Waals surface area (Å²) in [6.45, 7) is 7.09. The van der Waals surface area contributed by atoms with Crippen LogP contribution < -0.4 is 9.64 Å². The zero-order valence-corrected chi connectivity index (χ0v) is 13.7. The summed E-state index contributed by atoms with van der Waals surface area (Å²) < 4.78 is 5.30. The number of carbonyl (C=O) groups excluding carboxylic acids is 1. The number of ketones is 1. The van der Waals surface area contributed by atoms with Gasteiger partial charge in [0.15, 0.2) is 0 Å². The van der Waals surface area contributed by atoms with Crippen molar-refractivity contribution in [2.45, 2.75) is 26.7 Å². The van der Waals surface area contributed by atoms with Crippen molar-refractivity contribution < 1.29 is 14.4 Å². The van der Waals surface area contributed by atoms with E-state index in [2.05, 4.69) is 11.9 Å². The smallest absolute Gasteiger partial charge is 0.219 e. The monoisotopic (exact) mass is 301 g/mol. The maximum atomic E-state index is 12.8. The Morgan fingerprint density at radius 3 is 2.77 bits per heavy atom. The fourth-order valence-electron chi connectivity index (χ4n) is 3.45. The van der Waals surface area contributed by atoms with Crippen LogP contribution in [0.15, 0.2) is 18.2 Å². The highest BCUT2D eigenvalue weighted by molar-refractivity contribution is 6.10. The summed E-state index contributed by atoms with van der Waals surface area (Å²) in [7, 11) is 1.65. The molecule has 22 heavy (non-hydrogen) atoms. The van der Waals surface area contributed by atoms with Gasteiger partial charge in [-0.25, -0.2) is 0 Å². The van der Waals surface area contributed by atoms with Gasteiger partial charge in [-0.2, -0.15) is 0 Å². The van der Waals surface area contributed by atoms with Crippen LogP contribution in [0.3, 0.4) is 0 Å². The number of hydrogen-bond donors (Lipinski definition) is 2. The number of piperidine rings is 1. The second-order valence-electron chi connectivity index (χ2n) is 6.57. The van der Waals surface area contributed by atoms with Gasteiger partial charge >= 0.3 is 0 Å². The van der Waals surface area contributed by atoms with Crippen LogP contribution in [0.25, 0.3) is 10.9 Å². The molecular weight excluding hydrogens is 276 g/mol. The van der Waals surface area contributed by atoms with Gasteiger partial charge in [-0.05, 0) is 43.9 Å². The number of nitrogens with one attached hydrogen (secondary N) is 2. The molecule has 0 spiro atoms. The molecule has 3 rings (SSSR count). The highest BCUT2D eigenvalue weighted by atomic mass is 16.5. The van der Waals surface area contributed by atoms with E-state index >= 15 is 0 Å². The molecule has 1 aliphatic rings. The van der Waals surface area contributed by atoms with E-state index in [-0.39, 0.29) is 5.78 Å². The number of H-pyrrole nitrogens is 1. The topological polar surface area (TPSA) is 46.5 Å². The van der Waals surface area contributed by atoms with Gasteiger partial charge < -0.3 is 14.6 Å². The van der Waals surface area contributed by atoms with Crippen LogP contribution in [0.4, 0.5) is 0 Å². The molecule has 1 aromatic carbocycles. The average Bonchev–Trinajstić information content (AvgIpc) is 2.84. The molecule has 0 radical (unpaired) electrons. The standard InChI is InChI=1S/C18H24N2O2/c1-12-6-8-20(9-7-12)11-17(21)18-13(2)19-16-5-4-14(22-3)10-15(16)18/h4-5,10,12,19H,6-9,11H2,1-3H3/p+1. The van der Waals surface area contributed by atoms with Crippen LogP contribution in [0.5, 0.6) is 5.75 Å². The minimum absolute atomic E-state index is 0.238. The first-order valence-corrected chi connectivity index (χ1v) is 8.11. The van der Waals surface area contributed by atoms with E-state index in [9.17, 15) is 4.79 Å². The zero-order valence-electron chi connectivity index (χ0n) is 13.7. The SMILES string of the molecule is COc1ccc2[nH]c(C)c(C(=O)C[NH+]3CCC(C)CC3)c2c1. The van der Waals surface area contributed by atoms with Crippen LogP contribution in [0.2, 0.25) is 0 Å². The van der Waals surface area contributed by atoms with Crippen molar-refractivity contribution in [1.82, 2.24) is 4.98 Å². The fraction of sp³-hybridized carbons (Fsp3) is 0.500. The molecule has 0 aliphatic carbocycles. The molecular formula is C18H25N2O2+. The van der Waals surface area contributed by atoms with E-state index in [1.807, 2.05) is 25.1 Å². The van der Waals surface area contributed by atoms with Crippen molar-refractivity contribution in [2.24, 2.45) is 5.92 Å². The quantitative estimate of drug-likeness (QED) is 0.848. The van der Waals surface area contributed by atoms with Crippen molar-refractivity contribution in [3.05, 3.63) is 29.5 Å². The van der Waals surface area contributed by atoms with Crippen LogP contribution >= 0.6 is 0 Å². The second-order valence-corrected chi connectivity index (χ2v) is 6.57. The summed E-state index contributed by atoms with van der Waals surface area (Å²) in [5.41, 5.74) is 2.79. The number of aromatic amines is 1. The van der Waals surface area contributed by atoms with Crippen molar-refractivity contribution in [3.63, 3.8) is 0 Å². The van der Waals surface area contributed by atoms with Gasteiger partial charge in [-0.3, -0.25) is 4.79 Å². The van der Waals surface area contributed by atoms with E-state index < -0.39 is 0 Å². The Morgan fingerprint density at radius 2 is 2.09 bits per heavy atom. The Balaban J connectivity index is 1.85. The minimum atomic E-state index is 0.238. The van der Waals surface area contributed by atoms with Crippen LogP contribution in [0, 0.1) is 12.8 Å². The molecule has 2 aromatic rings. The highest BCUT2D eigenvalue weighted by Crippen LogP contribution is 2.26. The number of quaternary nitrogens is 1. The number of methoxy groups -OCH3 is 1. The van der Waals surface area contributed by atoms with E-state index in [4.69, 9.17) is 4.74 Å². The first kappa shape index (κ1) is 15.1. The summed E-state index contributed by atoms with van der Waals surface area (Å²) in [5.74, 6) is 1.83. The molecule has 0 amide bonds. The first-order chi connectivity index (χ1) is 10.6. The maximum absolute atomic E-state index is 12.8. The number of benzene rings is 1. The number of aryl methyl sites for hydroxylation is 1. The number of Topliss-reactive ketones (excluding diaryl/α,β-unsaturated/α-hetero) is 1. The number of likely N-dealkylation sites (tertiary alicyclic amines) is 1. The Morgan fingerprint density at radius 1 is 1.36 bits per heavy atom. The molecule has 1 aliphatic heterocycles. The molecule has 2 heterocycles. The Labute approximate surface area is 131 Å². The summed E-state index contributed by atoms with van der Waals surface area (Å²) in [6.07, 6.45) is 2.45. The Bertz CT molecular complexity index is 682. The highest BCUT2D eigenvalue weighted by Gasteiger charge is 2.24. The van der Waals surface area contributed by atoms with Gasteiger partial charge in [-0.1, -0.05) is 6.92 Å². The number of aromatic nitrogens is 1. The number of rotatable bonds is 4. The lowest BCUT2D eigenvalue weighted by Gasteiger charge is -2.26. The van der Waals surface area contributed by atoms with Gasteiger partial charge in [0.05, 0.1) is 25.8 Å². The van der Waals surface area contributed by atoms with Gasteiger partial charge in [0.2, 0.25) is 5.78 Å². The molecule has 4 nitrogen and oxygen atoms in total. The molecule has 0 saturated carbocycles. The summed E-state index contributed by atoms with van der Waals surface area (Å²) in [5, 5.41) is 0.978. The molecule has 1 fully saturated rings. The fourth-order valence-corrected chi connectivity index (χ4v) is 3.45. The minimum Gasteiger partial charge on any atom is -0.497 e. The van der Waals surface area contributed by atoms with Crippen molar-refractivity contribution in [3.8, 4) is 5.75 Å². The van der Waals surface area contributed by atoms with Gasteiger partial charge in [-0.15, -0.1) is 0 Å². The average molecular weight is 301 g/mol. The first-order valence-electron chi connectivity index (χ1n) is 8.11. The third kappa shape index (κ3) is 2.88. The normalized spacial score (nSPS) is 22.0. The number of hydrogen-bond acceptors (Lipinski definition) is 2. The van der Waals surface area contributed by atoms with Gasteiger partial charge in [0, 0.05) is 16.6 Å². The molecule has 0 bridgehead atoms.